The first-order chi connectivity index (χ1) is 10.7. The molecule has 4 heteroatoms. The van der Waals surface area contributed by atoms with E-state index in [4.69, 9.17) is 9.94 Å². The van der Waals surface area contributed by atoms with Crippen LogP contribution in [0.5, 0.6) is 0 Å². The third-order valence-corrected chi connectivity index (χ3v) is 4.47. The Morgan fingerprint density at radius 1 is 1.30 bits per heavy atom. The van der Waals surface area contributed by atoms with E-state index in [0.717, 1.165) is 30.7 Å². The largest absolute Gasteiger partial charge is 0.411 e. The molecule has 1 aromatic carbocycles. The van der Waals surface area contributed by atoms with E-state index in [1.165, 1.54) is 25.8 Å². The van der Waals surface area contributed by atoms with Gasteiger partial charge >= 0.3 is 0 Å². The lowest BCUT2D eigenvalue weighted by atomic mass is 10.0. The summed E-state index contributed by atoms with van der Waals surface area (Å²) in [6.07, 6.45) is 4.72. The predicted octanol–water partition coefficient (Wildman–Crippen LogP) is 4.30. The minimum absolute atomic E-state index is 0. The minimum atomic E-state index is 0. The van der Waals surface area contributed by atoms with Crippen molar-refractivity contribution in [3.05, 3.63) is 35.4 Å². The lowest BCUT2D eigenvalue weighted by molar-refractivity contribution is 0.0684. The maximum absolute atomic E-state index is 8.93. The Balaban J connectivity index is 0.00000264. The molecule has 23 heavy (non-hydrogen) atoms. The summed E-state index contributed by atoms with van der Waals surface area (Å²) in [7, 11) is 0. The molecule has 0 aromatic heterocycles. The summed E-state index contributed by atoms with van der Waals surface area (Å²) in [5.41, 5.74) is 2.84. The number of benzene rings is 1. The van der Waals surface area contributed by atoms with Gasteiger partial charge in [0.1, 0.15) is 0 Å². The number of likely N-dealkylation sites (tertiary alicyclic amines) is 1. The van der Waals surface area contributed by atoms with Crippen molar-refractivity contribution in [3.8, 4) is 0 Å². The zero-order chi connectivity index (χ0) is 15.8. The first-order valence-electron chi connectivity index (χ1n) is 8.36. The van der Waals surface area contributed by atoms with Gasteiger partial charge in [-0.1, -0.05) is 50.2 Å². The Labute approximate surface area is 141 Å². The molecule has 1 heterocycles. The van der Waals surface area contributed by atoms with Crippen molar-refractivity contribution in [1.29, 1.82) is 0 Å². The minimum Gasteiger partial charge on any atom is -0.411 e. The molecule has 1 fully saturated rings. The van der Waals surface area contributed by atoms with Gasteiger partial charge in [0.15, 0.2) is 0 Å². The van der Waals surface area contributed by atoms with Crippen molar-refractivity contribution in [3.63, 3.8) is 0 Å². The molecule has 2 rings (SSSR count). The molecule has 0 bridgehead atoms. The molecule has 1 aliphatic heterocycles. The maximum atomic E-state index is 8.93. The SMILES string of the molecule is C.CC/C(=N/O)c1ccc(COCCN2CCCCC2C)cc1. The summed E-state index contributed by atoms with van der Waals surface area (Å²) in [5, 5.41) is 12.2. The number of ether oxygens (including phenoxy) is 1. The highest BCUT2D eigenvalue weighted by atomic mass is 16.5. The van der Waals surface area contributed by atoms with Gasteiger partial charge in [-0.25, -0.2) is 0 Å². The highest BCUT2D eigenvalue weighted by Crippen LogP contribution is 2.15. The quantitative estimate of drug-likeness (QED) is 0.352. The van der Waals surface area contributed by atoms with Crippen LogP contribution in [0.3, 0.4) is 0 Å². The van der Waals surface area contributed by atoms with Gasteiger partial charge in [-0.05, 0) is 43.9 Å². The summed E-state index contributed by atoms with van der Waals surface area (Å²) in [5.74, 6) is 0. The second kappa shape index (κ2) is 10.4. The Morgan fingerprint density at radius 3 is 2.65 bits per heavy atom. The van der Waals surface area contributed by atoms with Crippen molar-refractivity contribution < 1.29 is 9.94 Å². The third kappa shape index (κ3) is 5.96. The lowest BCUT2D eigenvalue weighted by Crippen LogP contribution is -2.39. The zero-order valence-electron chi connectivity index (χ0n) is 13.8. The van der Waals surface area contributed by atoms with Crippen molar-refractivity contribution in [2.75, 3.05) is 19.7 Å². The molecule has 1 aromatic rings. The summed E-state index contributed by atoms with van der Waals surface area (Å²) in [6.45, 7) is 7.94. The average Bonchev–Trinajstić information content (AvgIpc) is 2.55. The van der Waals surface area contributed by atoms with Crippen LogP contribution in [-0.2, 0) is 11.3 Å². The van der Waals surface area contributed by atoms with Gasteiger partial charge in [0.25, 0.3) is 0 Å². The van der Waals surface area contributed by atoms with E-state index in [-0.39, 0.29) is 7.43 Å². The van der Waals surface area contributed by atoms with E-state index in [1.54, 1.807) is 0 Å². The molecular weight excluding hydrogens is 288 g/mol. The fraction of sp³-hybridized carbons (Fsp3) is 0.632. The van der Waals surface area contributed by atoms with Crippen molar-refractivity contribution >= 4 is 5.71 Å². The molecule has 0 aliphatic carbocycles. The first-order valence-corrected chi connectivity index (χ1v) is 8.36. The molecule has 0 radical (unpaired) electrons. The van der Waals surface area contributed by atoms with Crippen molar-refractivity contribution in [2.24, 2.45) is 5.16 Å². The molecular formula is C19H32N2O2. The normalized spacial score (nSPS) is 19.4. The van der Waals surface area contributed by atoms with Crippen LogP contribution >= 0.6 is 0 Å². The van der Waals surface area contributed by atoms with E-state index in [0.29, 0.717) is 18.4 Å². The topological polar surface area (TPSA) is 45.1 Å². The van der Waals surface area contributed by atoms with Crippen LogP contribution in [0.4, 0.5) is 0 Å². The molecule has 0 saturated carbocycles. The Kier molecular flexibility index (Phi) is 8.89. The van der Waals surface area contributed by atoms with Crippen LogP contribution in [0.25, 0.3) is 0 Å². The number of oxime groups is 1. The van der Waals surface area contributed by atoms with Gasteiger partial charge in [0, 0.05) is 12.6 Å². The van der Waals surface area contributed by atoms with Gasteiger partial charge in [-0.3, -0.25) is 4.90 Å². The third-order valence-electron chi connectivity index (χ3n) is 4.47. The predicted molar refractivity (Wildman–Crippen MR) is 96.3 cm³/mol. The Hall–Kier alpha value is -1.39. The standard InChI is InChI=1S/C18H28N2O2.CH4/c1-3-18(19-21)17-9-7-16(8-10-17)14-22-13-12-20-11-5-4-6-15(20)2;/h7-10,15,21H,3-6,11-14H2,1-2H3;1H4/b19-18-;. The molecule has 1 atom stereocenters. The van der Waals surface area contributed by atoms with Crippen LogP contribution in [0.2, 0.25) is 0 Å². The fourth-order valence-corrected chi connectivity index (χ4v) is 2.99. The number of rotatable bonds is 7. The van der Waals surface area contributed by atoms with Crippen LogP contribution < -0.4 is 0 Å². The Morgan fingerprint density at radius 2 is 2.04 bits per heavy atom. The highest BCUT2D eigenvalue weighted by molar-refractivity contribution is 5.99. The van der Waals surface area contributed by atoms with Gasteiger partial charge in [-0.2, -0.15) is 0 Å². The van der Waals surface area contributed by atoms with Crippen LogP contribution in [0, 0.1) is 0 Å². The molecule has 0 amide bonds. The highest BCUT2D eigenvalue weighted by Gasteiger charge is 2.17. The molecule has 4 nitrogen and oxygen atoms in total. The summed E-state index contributed by atoms with van der Waals surface area (Å²) in [4.78, 5) is 2.53. The molecule has 1 N–H and O–H groups in total. The van der Waals surface area contributed by atoms with E-state index in [1.807, 2.05) is 31.2 Å². The molecule has 1 saturated heterocycles. The van der Waals surface area contributed by atoms with Crippen LogP contribution in [-0.4, -0.2) is 41.6 Å². The number of piperidine rings is 1. The number of nitrogens with zero attached hydrogens (tertiary/aromatic N) is 2. The van der Waals surface area contributed by atoms with Gasteiger partial charge < -0.3 is 9.94 Å². The number of hydrogen-bond acceptors (Lipinski definition) is 4. The molecule has 1 aliphatic rings. The van der Waals surface area contributed by atoms with E-state index in [2.05, 4.69) is 17.0 Å². The average molecular weight is 320 g/mol. The molecule has 1 unspecified atom stereocenters. The first kappa shape index (κ1) is 19.7. The second-order valence-corrected chi connectivity index (χ2v) is 6.03. The van der Waals surface area contributed by atoms with E-state index >= 15 is 0 Å². The molecule has 130 valence electrons. The second-order valence-electron chi connectivity index (χ2n) is 6.03. The van der Waals surface area contributed by atoms with Crippen LogP contribution in [0.15, 0.2) is 29.4 Å². The maximum Gasteiger partial charge on any atom is 0.0865 e. The zero-order valence-corrected chi connectivity index (χ0v) is 13.8. The summed E-state index contributed by atoms with van der Waals surface area (Å²) >= 11 is 0. The van der Waals surface area contributed by atoms with Gasteiger partial charge in [0.2, 0.25) is 0 Å². The summed E-state index contributed by atoms with van der Waals surface area (Å²) in [6, 6.07) is 8.76. The van der Waals surface area contributed by atoms with Crippen LogP contribution in [0.1, 0.15) is 58.1 Å². The lowest BCUT2D eigenvalue weighted by Gasteiger charge is -2.33. The monoisotopic (exact) mass is 320 g/mol. The fourth-order valence-electron chi connectivity index (χ4n) is 2.99. The van der Waals surface area contributed by atoms with E-state index in [9.17, 15) is 0 Å². The van der Waals surface area contributed by atoms with Crippen molar-refractivity contribution in [2.45, 2.75) is 59.6 Å². The Bertz CT molecular complexity index is 471. The summed E-state index contributed by atoms with van der Waals surface area (Å²) < 4.78 is 5.80. The van der Waals surface area contributed by atoms with Crippen molar-refractivity contribution in [1.82, 2.24) is 4.90 Å². The number of hydrogen-bond donors (Lipinski definition) is 1. The smallest absolute Gasteiger partial charge is 0.0865 e. The van der Waals surface area contributed by atoms with E-state index < -0.39 is 0 Å². The van der Waals surface area contributed by atoms with Gasteiger partial charge in [0.05, 0.1) is 18.9 Å². The molecule has 0 spiro atoms. The van der Waals surface area contributed by atoms with Gasteiger partial charge in [-0.15, -0.1) is 0 Å².